The molecule has 7 heteroatoms. The second kappa shape index (κ2) is 4.09. The molecule has 15 heavy (non-hydrogen) atoms. The third kappa shape index (κ3) is 1.82. The zero-order valence-corrected chi connectivity index (χ0v) is 8.19. The molecule has 2 aromatic rings. The van der Waals surface area contributed by atoms with Crippen LogP contribution in [0.4, 0.5) is 5.95 Å². The molecule has 0 fully saturated rings. The van der Waals surface area contributed by atoms with Crippen LogP contribution in [-0.2, 0) is 0 Å². The molecule has 0 aliphatic carbocycles. The van der Waals surface area contributed by atoms with Gasteiger partial charge in [0.1, 0.15) is 12.1 Å². The zero-order chi connectivity index (χ0) is 10.7. The van der Waals surface area contributed by atoms with E-state index in [2.05, 4.69) is 25.3 Å². The third-order valence-electron chi connectivity index (χ3n) is 1.81. The van der Waals surface area contributed by atoms with Gasteiger partial charge in [-0.15, -0.1) is 0 Å². The minimum Gasteiger partial charge on any atom is -0.474 e. The summed E-state index contributed by atoms with van der Waals surface area (Å²) in [6, 6.07) is 0. The molecule has 0 unspecified atom stereocenters. The highest BCUT2D eigenvalue weighted by atomic mass is 16.5. The van der Waals surface area contributed by atoms with E-state index in [1.807, 2.05) is 0 Å². The zero-order valence-electron chi connectivity index (χ0n) is 8.19. The number of hydrogen-bond acceptors (Lipinski definition) is 6. The standard InChI is InChI=1S/C8H11N5O2/c1-9-8-12-6-5(10-4-11-6)7(13-8)15-3-2-14/h4,14H,2-3H2,1H3,(H2,9,10,11,12,13). The van der Waals surface area contributed by atoms with Gasteiger partial charge in [0.05, 0.1) is 12.9 Å². The summed E-state index contributed by atoms with van der Waals surface area (Å²) in [7, 11) is 1.71. The van der Waals surface area contributed by atoms with Gasteiger partial charge in [0.25, 0.3) is 0 Å². The Kier molecular flexibility index (Phi) is 2.64. The van der Waals surface area contributed by atoms with Crippen LogP contribution in [0.3, 0.4) is 0 Å². The molecule has 0 radical (unpaired) electrons. The lowest BCUT2D eigenvalue weighted by Crippen LogP contribution is -2.06. The first-order chi connectivity index (χ1) is 7.35. The Balaban J connectivity index is 2.43. The second-order valence-electron chi connectivity index (χ2n) is 2.78. The van der Waals surface area contributed by atoms with Crippen molar-refractivity contribution in [2.75, 3.05) is 25.6 Å². The van der Waals surface area contributed by atoms with Gasteiger partial charge in [0, 0.05) is 7.05 Å². The summed E-state index contributed by atoms with van der Waals surface area (Å²) >= 11 is 0. The number of imidazole rings is 1. The van der Waals surface area contributed by atoms with Crippen LogP contribution >= 0.6 is 0 Å². The van der Waals surface area contributed by atoms with Crippen LogP contribution in [-0.4, -0.2) is 45.3 Å². The summed E-state index contributed by atoms with van der Waals surface area (Å²) in [5, 5.41) is 11.5. The van der Waals surface area contributed by atoms with Crippen LogP contribution in [0.5, 0.6) is 5.88 Å². The summed E-state index contributed by atoms with van der Waals surface area (Å²) in [5.41, 5.74) is 1.16. The van der Waals surface area contributed by atoms with Crippen LogP contribution in [0.2, 0.25) is 0 Å². The molecular weight excluding hydrogens is 198 g/mol. The van der Waals surface area contributed by atoms with Gasteiger partial charge in [-0.2, -0.15) is 9.97 Å². The van der Waals surface area contributed by atoms with Crippen LogP contribution in [0.15, 0.2) is 6.33 Å². The van der Waals surface area contributed by atoms with Gasteiger partial charge in [-0.1, -0.05) is 0 Å². The van der Waals surface area contributed by atoms with Crippen LogP contribution in [0.25, 0.3) is 11.2 Å². The second-order valence-corrected chi connectivity index (χ2v) is 2.78. The first kappa shape index (κ1) is 9.66. The molecule has 0 amide bonds. The fourth-order valence-corrected chi connectivity index (χ4v) is 1.17. The van der Waals surface area contributed by atoms with Crippen LogP contribution in [0, 0.1) is 0 Å². The smallest absolute Gasteiger partial charge is 0.245 e. The molecule has 0 aromatic carbocycles. The van der Waals surface area contributed by atoms with Crippen molar-refractivity contribution in [3.05, 3.63) is 6.33 Å². The molecular formula is C8H11N5O2. The number of aliphatic hydroxyl groups excluding tert-OH is 1. The molecule has 0 saturated heterocycles. The molecule has 2 aromatic heterocycles. The van der Waals surface area contributed by atoms with E-state index in [9.17, 15) is 0 Å². The van der Waals surface area contributed by atoms with Crippen molar-refractivity contribution in [3.63, 3.8) is 0 Å². The number of nitrogens with one attached hydrogen (secondary N) is 2. The Bertz CT molecular complexity index is 455. The first-order valence-electron chi connectivity index (χ1n) is 4.47. The lowest BCUT2D eigenvalue weighted by Gasteiger charge is -2.05. The Labute approximate surface area is 85.5 Å². The highest BCUT2D eigenvalue weighted by Crippen LogP contribution is 2.20. The van der Waals surface area contributed by atoms with Gasteiger partial charge in [-0.25, -0.2) is 4.98 Å². The molecule has 0 saturated carbocycles. The Morgan fingerprint density at radius 1 is 1.53 bits per heavy atom. The summed E-state index contributed by atoms with van der Waals surface area (Å²) in [4.78, 5) is 15.1. The molecule has 2 rings (SSSR count). The van der Waals surface area contributed by atoms with Crippen molar-refractivity contribution < 1.29 is 9.84 Å². The highest BCUT2D eigenvalue weighted by molar-refractivity contribution is 5.76. The van der Waals surface area contributed by atoms with Crippen molar-refractivity contribution in [2.24, 2.45) is 0 Å². The molecule has 80 valence electrons. The predicted molar refractivity (Wildman–Crippen MR) is 53.8 cm³/mol. The van der Waals surface area contributed by atoms with Crippen molar-refractivity contribution in [1.82, 2.24) is 19.9 Å². The highest BCUT2D eigenvalue weighted by Gasteiger charge is 2.09. The van der Waals surface area contributed by atoms with Crippen LogP contribution < -0.4 is 10.1 Å². The first-order valence-corrected chi connectivity index (χ1v) is 4.47. The number of aromatic amines is 1. The molecule has 7 nitrogen and oxygen atoms in total. The SMILES string of the molecule is CNc1nc(OCCO)c2[nH]cnc2n1. The number of aromatic nitrogens is 4. The molecule has 2 heterocycles. The number of nitrogens with zero attached hydrogens (tertiary/aromatic N) is 3. The normalized spacial score (nSPS) is 10.5. The van der Waals surface area contributed by atoms with Gasteiger partial charge >= 0.3 is 0 Å². The van der Waals surface area contributed by atoms with Gasteiger partial charge in [-0.3, -0.25) is 0 Å². The molecule has 0 aliphatic rings. The molecule has 3 N–H and O–H groups in total. The summed E-state index contributed by atoms with van der Waals surface area (Å²) in [6.07, 6.45) is 1.52. The van der Waals surface area contributed by atoms with E-state index in [0.717, 1.165) is 0 Å². The van der Waals surface area contributed by atoms with Crippen molar-refractivity contribution in [2.45, 2.75) is 0 Å². The Hall–Kier alpha value is -1.89. The largest absolute Gasteiger partial charge is 0.474 e. The fourth-order valence-electron chi connectivity index (χ4n) is 1.17. The lowest BCUT2D eigenvalue weighted by atomic mass is 10.5. The van der Waals surface area contributed by atoms with Crippen molar-refractivity contribution in [3.8, 4) is 5.88 Å². The monoisotopic (exact) mass is 209 g/mol. The minimum absolute atomic E-state index is 0.0610. The van der Waals surface area contributed by atoms with E-state index in [-0.39, 0.29) is 13.2 Å². The van der Waals surface area contributed by atoms with E-state index in [1.165, 1.54) is 6.33 Å². The number of ether oxygens (including phenoxy) is 1. The minimum atomic E-state index is -0.0610. The number of H-pyrrole nitrogens is 1. The van der Waals surface area contributed by atoms with E-state index in [1.54, 1.807) is 7.05 Å². The average Bonchev–Trinajstić information content (AvgIpc) is 2.73. The summed E-state index contributed by atoms with van der Waals surface area (Å²) in [6.45, 7) is 0.128. The maximum absolute atomic E-state index is 8.67. The quantitative estimate of drug-likeness (QED) is 0.643. The molecule has 0 spiro atoms. The van der Waals surface area contributed by atoms with E-state index >= 15 is 0 Å². The summed E-state index contributed by atoms with van der Waals surface area (Å²) in [5.74, 6) is 0.818. The topological polar surface area (TPSA) is 96.0 Å². The fraction of sp³-hybridized carbons (Fsp3) is 0.375. The van der Waals surface area contributed by atoms with Crippen molar-refractivity contribution >= 4 is 17.1 Å². The predicted octanol–water partition coefficient (Wildman–Crippen LogP) is -0.234. The number of anilines is 1. The third-order valence-corrected chi connectivity index (χ3v) is 1.81. The summed E-state index contributed by atoms with van der Waals surface area (Å²) < 4.78 is 5.26. The van der Waals surface area contributed by atoms with Gasteiger partial charge in [0.15, 0.2) is 5.65 Å². The van der Waals surface area contributed by atoms with Crippen molar-refractivity contribution in [1.29, 1.82) is 0 Å². The van der Waals surface area contributed by atoms with E-state index in [0.29, 0.717) is 23.0 Å². The average molecular weight is 209 g/mol. The number of hydrogen-bond donors (Lipinski definition) is 3. The molecule has 0 bridgehead atoms. The lowest BCUT2D eigenvalue weighted by molar-refractivity contribution is 0.198. The van der Waals surface area contributed by atoms with Gasteiger partial charge in [-0.05, 0) is 0 Å². The maximum Gasteiger partial charge on any atom is 0.245 e. The Morgan fingerprint density at radius 3 is 3.13 bits per heavy atom. The number of aliphatic hydroxyl groups is 1. The van der Waals surface area contributed by atoms with Crippen LogP contribution in [0.1, 0.15) is 0 Å². The number of rotatable bonds is 4. The molecule has 0 atom stereocenters. The van der Waals surface area contributed by atoms with E-state index in [4.69, 9.17) is 9.84 Å². The Morgan fingerprint density at radius 2 is 2.40 bits per heavy atom. The van der Waals surface area contributed by atoms with E-state index < -0.39 is 0 Å². The molecule has 0 aliphatic heterocycles. The van der Waals surface area contributed by atoms with Gasteiger partial charge < -0.3 is 20.1 Å². The maximum atomic E-state index is 8.67. The van der Waals surface area contributed by atoms with Gasteiger partial charge in [0.2, 0.25) is 11.8 Å². The number of fused-ring (bicyclic) bond motifs is 1.